The molecule has 0 aliphatic carbocycles. The highest BCUT2D eigenvalue weighted by molar-refractivity contribution is 5.38. The van der Waals surface area contributed by atoms with Crippen LogP contribution in [0, 0.1) is 5.92 Å². The Bertz CT molecular complexity index is 433. The molecular weight excluding hydrogens is 255 g/mol. The molecule has 0 saturated carbocycles. The van der Waals surface area contributed by atoms with Gasteiger partial charge in [0.05, 0.1) is 13.0 Å². The predicted octanol–water partition coefficient (Wildman–Crippen LogP) is 3.69. The normalized spacial score (nSPS) is 24.5. The summed E-state index contributed by atoms with van der Waals surface area (Å²) in [4.78, 5) is 0. The van der Waals surface area contributed by atoms with Crippen LogP contribution in [0.2, 0.25) is 0 Å². The molecule has 1 aliphatic heterocycles. The van der Waals surface area contributed by atoms with Crippen LogP contribution >= 0.6 is 0 Å². The Hall–Kier alpha value is -1.23. The van der Waals surface area contributed by atoms with E-state index in [0.29, 0.717) is 6.61 Å². The third-order valence-corrected chi connectivity index (χ3v) is 3.33. The molecule has 1 aromatic rings. The van der Waals surface area contributed by atoms with Gasteiger partial charge in [-0.25, -0.2) is 0 Å². The van der Waals surface area contributed by atoms with E-state index < -0.39 is 18.6 Å². The lowest BCUT2D eigenvalue weighted by molar-refractivity contribution is -0.139. The summed E-state index contributed by atoms with van der Waals surface area (Å²) in [6.07, 6.45) is -4.96. The van der Waals surface area contributed by atoms with Crippen molar-refractivity contribution in [2.75, 3.05) is 6.61 Å². The highest BCUT2D eigenvalue weighted by Gasteiger charge is 2.33. The number of benzene rings is 1. The molecule has 0 spiro atoms. The molecule has 3 atom stereocenters. The quantitative estimate of drug-likeness (QED) is 0.907. The first-order valence-electron chi connectivity index (χ1n) is 6.41. The molecule has 0 bridgehead atoms. The molecule has 1 aliphatic rings. The molecule has 5 heteroatoms. The van der Waals surface area contributed by atoms with Gasteiger partial charge in [-0.2, -0.15) is 13.2 Å². The van der Waals surface area contributed by atoms with E-state index in [0.717, 1.165) is 11.3 Å². The highest BCUT2D eigenvalue weighted by Crippen LogP contribution is 2.35. The van der Waals surface area contributed by atoms with Gasteiger partial charge in [-0.05, 0) is 13.0 Å². The van der Waals surface area contributed by atoms with Gasteiger partial charge >= 0.3 is 6.18 Å². The lowest BCUT2D eigenvalue weighted by Crippen LogP contribution is -2.40. The highest BCUT2D eigenvalue weighted by atomic mass is 19.4. The number of rotatable bonds is 3. The van der Waals surface area contributed by atoms with Crippen LogP contribution in [0.5, 0.6) is 5.75 Å². The van der Waals surface area contributed by atoms with Gasteiger partial charge in [-0.15, -0.1) is 0 Å². The van der Waals surface area contributed by atoms with Crippen LogP contribution in [-0.2, 0) is 0 Å². The van der Waals surface area contributed by atoms with Gasteiger partial charge in [0, 0.05) is 23.6 Å². The fourth-order valence-corrected chi connectivity index (χ4v) is 2.46. The Kier molecular flexibility index (Phi) is 4.04. The lowest BCUT2D eigenvalue weighted by atomic mass is 9.91. The second-order valence-electron chi connectivity index (χ2n) is 5.19. The minimum absolute atomic E-state index is 0.0951. The maximum atomic E-state index is 12.4. The molecule has 106 valence electrons. The Morgan fingerprint density at radius 3 is 2.74 bits per heavy atom. The molecule has 0 aromatic heterocycles. The van der Waals surface area contributed by atoms with Crippen molar-refractivity contribution in [3.63, 3.8) is 0 Å². The molecule has 1 N–H and O–H groups in total. The van der Waals surface area contributed by atoms with Crippen molar-refractivity contribution in [1.82, 2.24) is 5.32 Å². The van der Waals surface area contributed by atoms with Gasteiger partial charge in [-0.1, -0.05) is 25.1 Å². The van der Waals surface area contributed by atoms with Crippen LogP contribution in [0.25, 0.3) is 0 Å². The van der Waals surface area contributed by atoms with E-state index in [1.165, 1.54) is 0 Å². The summed E-state index contributed by atoms with van der Waals surface area (Å²) in [7, 11) is 0. The average molecular weight is 273 g/mol. The fraction of sp³-hybridized carbons (Fsp3) is 0.571. The van der Waals surface area contributed by atoms with E-state index in [2.05, 4.69) is 5.32 Å². The third-order valence-electron chi connectivity index (χ3n) is 3.33. The average Bonchev–Trinajstić information content (AvgIpc) is 2.31. The van der Waals surface area contributed by atoms with Crippen molar-refractivity contribution in [2.45, 2.75) is 38.5 Å². The van der Waals surface area contributed by atoms with Crippen LogP contribution in [0.4, 0.5) is 13.2 Å². The van der Waals surface area contributed by atoms with E-state index in [1.807, 2.05) is 31.2 Å². The second-order valence-corrected chi connectivity index (χ2v) is 5.19. The molecule has 0 radical (unpaired) electrons. The molecule has 3 unspecified atom stereocenters. The summed E-state index contributed by atoms with van der Waals surface area (Å²) in [5, 5.41) is 3.08. The second kappa shape index (κ2) is 5.41. The Morgan fingerprint density at radius 1 is 1.37 bits per heavy atom. The van der Waals surface area contributed by atoms with E-state index >= 15 is 0 Å². The largest absolute Gasteiger partial charge is 0.493 e. The summed E-state index contributed by atoms with van der Waals surface area (Å²) in [6.45, 7) is 4.07. The number of para-hydroxylation sites is 1. The summed E-state index contributed by atoms with van der Waals surface area (Å²) >= 11 is 0. The summed E-state index contributed by atoms with van der Waals surface area (Å²) in [5.41, 5.74) is 0.940. The zero-order chi connectivity index (χ0) is 14.0. The molecule has 2 nitrogen and oxygen atoms in total. The predicted molar refractivity (Wildman–Crippen MR) is 67.1 cm³/mol. The van der Waals surface area contributed by atoms with Gasteiger partial charge < -0.3 is 10.1 Å². The summed E-state index contributed by atoms with van der Waals surface area (Å²) < 4.78 is 42.8. The van der Waals surface area contributed by atoms with Crippen molar-refractivity contribution in [3.8, 4) is 5.75 Å². The van der Waals surface area contributed by atoms with Gasteiger partial charge in [0.15, 0.2) is 0 Å². The third kappa shape index (κ3) is 3.62. The maximum Gasteiger partial charge on any atom is 0.390 e. The summed E-state index contributed by atoms with van der Waals surface area (Å²) in [6, 6.07) is 6.79. The standard InChI is InChI=1S/C14H18F3NO/c1-9-8-19-12-6-4-3-5-11(12)13(9)18-10(2)7-14(15,16)17/h3-6,9-10,13,18H,7-8H2,1-2H3. The zero-order valence-electron chi connectivity index (χ0n) is 11.0. The van der Waals surface area contributed by atoms with E-state index in [1.54, 1.807) is 6.92 Å². The van der Waals surface area contributed by atoms with Crippen molar-refractivity contribution >= 4 is 0 Å². The monoisotopic (exact) mass is 273 g/mol. The minimum atomic E-state index is -4.14. The van der Waals surface area contributed by atoms with Crippen LogP contribution in [-0.4, -0.2) is 18.8 Å². The summed E-state index contributed by atoms with van der Waals surface area (Å²) in [5.74, 6) is 0.905. The van der Waals surface area contributed by atoms with Gasteiger partial charge in [0.1, 0.15) is 5.75 Å². The van der Waals surface area contributed by atoms with Crippen molar-refractivity contribution in [3.05, 3.63) is 29.8 Å². The number of alkyl halides is 3. The van der Waals surface area contributed by atoms with Gasteiger partial charge in [0.25, 0.3) is 0 Å². The number of hydrogen-bond donors (Lipinski definition) is 1. The fourth-order valence-electron chi connectivity index (χ4n) is 2.46. The number of nitrogens with one attached hydrogen (secondary N) is 1. The number of hydrogen-bond acceptors (Lipinski definition) is 2. The topological polar surface area (TPSA) is 21.3 Å². The molecule has 1 heterocycles. The van der Waals surface area contributed by atoms with Crippen LogP contribution in [0.3, 0.4) is 0 Å². The van der Waals surface area contributed by atoms with Gasteiger partial charge in [0.2, 0.25) is 0 Å². The van der Waals surface area contributed by atoms with Crippen LogP contribution in [0.1, 0.15) is 31.9 Å². The Balaban J connectivity index is 2.11. The lowest BCUT2D eigenvalue weighted by Gasteiger charge is -2.34. The van der Waals surface area contributed by atoms with Crippen LogP contribution in [0.15, 0.2) is 24.3 Å². The first-order valence-corrected chi connectivity index (χ1v) is 6.41. The van der Waals surface area contributed by atoms with Crippen molar-refractivity contribution in [2.24, 2.45) is 5.92 Å². The molecule has 0 fully saturated rings. The molecule has 0 saturated heterocycles. The SMILES string of the molecule is CC(CC(F)(F)F)NC1c2ccccc2OCC1C. The van der Waals surface area contributed by atoms with E-state index in [4.69, 9.17) is 4.74 Å². The Labute approximate surface area is 111 Å². The Morgan fingerprint density at radius 2 is 2.05 bits per heavy atom. The number of halogens is 3. The zero-order valence-corrected chi connectivity index (χ0v) is 11.0. The molecule has 19 heavy (non-hydrogen) atoms. The van der Waals surface area contributed by atoms with Gasteiger partial charge in [-0.3, -0.25) is 0 Å². The van der Waals surface area contributed by atoms with Crippen molar-refractivity contribution < 1.29 is 17.9 Å². The first kappa shape index (κ1) is 14.2. The van der Waals surface area contributed by atoms with Crippen molar-refractivity contribution in [1.29, 1.82) is 0 Å². The number of ether oxygens (including phenoxy) is 1. The molecule has 0 amide bonds. The van der Waals surface area contributed by atoms with E-state index in [9.17, 15) is 13.2 Å². The minimum Gasteiger partial charge on any atom is -0.493 e. The molecular formula is C14H18F3NO. The first-order chi connectivity index (χ1) is 8.87. The smallest absolute Gasteiger partial charge is 0.390 e. The molecule has 1 aromatic carbocycles. The number of fused-ring (bicyclic) bond motifs is 1. The van der Waals surface area contributed by atoms with Crippen LogP contribution < -0.4 is 10.1 Å². The maximum absolute atomic E-state index is 12.4. The molecule has 2 rings (SSSR count). The van der Waals surface area contributed by atoms with E-state index in [-0.39, 0.29) is 12.0 Å².